The van der Waals surface area contributed by atoms with E-state index in [4.69, 9.17) is 39.6 Å². The molecule has 0 amide bonds. The largest absolute Gasteiger partial charge is 0.497 e. The minimum Gasteiger partial charge on any atom is -0.497 e. The van der Waals surface area contributed by atoms with Crippen molar-refractivity contribution in [2.75, 3.05) is 20.8 Å². The maximum Gasteiger partial charge on any atom is 0.435 e. The zero-order chi connectivity index (χ0) is 30.0. The van der Waals surface area contributed by atoms with Crippen LogP contribution in [0.15, 0.2) is 70.4 Å². The molecule has 0 radical (unpaired) electrons. The zero-order valence-corrected chi connectivity index (χ0v) is 23.0. The summed E-state index contributed by atoms with van der Waals surface area (Å²) in [7, 11) is 2.84. The average molecular weight is 622 g/mol. The number of aliphatic hydroxyl groups excluding tert-OH is 1. The number of ether oxygens (including phenoxy) is 3. The highest BCUT2D eigenvalue weighted by Crippen LogP contribution is 2.56. The first-order valence-corrected chi connectivity index (χ1v) is 14.1. The second kappa shape index (κ2) is 11.8. The molecule has 0 bridgehead atoms. The third kappa shape index (κ3) is 6.11. The summed E-state index contributed by atoms with van der Waals surface area (Å²) >= 11 is 5.40. The van der Waals surface area contributed by atoms with Gasteiger partial charge in [0.2, 0.25) is 5.60 Å². The maximum atomic E-state index is 15.4. The Bertz CT molecular complexity index is 1470. The van der Waals surface area contributed by atoms with Crippen LogP contribution in [0.2, 0.25) is 0 Å². The molecule has 0 spiro atoms. The summed E-state index contributed by atoms with van der Waals surface area (Å²) in [4.78, 5) is 25.3. The summed E-state index contributed by atoms with van der Waals surface area (Å²) < 4.78 is 91.9. The van der Waals surface area contributed by atoms with E-state index in [-0.39, 0.29) is 11.5 Å². The molecule has 1 saturated heterocycles. The van der Waals surface area contributed by atoms with Gasteiger partial charge in [0.1, 0.15) is 23.0 Å². The van der Waals surface area contributed by atoms with Gasteiger partial charge in [0.25, 0.3) is 12.0 Å². The van der Waals surface area contributed by atoms with Crippen LogP contribution in [-0.2, 0) is 21.1 Å². The van der Waals surface area contributed by atoms with Crippen LogP contribution in [0.1, 0.15) is 6.23 Å². The summed E-state index contributed by atoms with van der Waals surface area (Å²) in [5.41, 5.74) is -5.98. The summed E-state index contributed by atoms with van der Waals surface area (Å²) in [6.45, 7) is -5.85. The van der Waals surface area contributed by atoms with Gasteiger partial charge in [0.05, 0.1) is 20.8 Å². The summed E-state index contributed by atoms with van der Waals surface area (Å²) in [6, 6.07) is 12.3. The van der Waals surface area contributed by atoms with E-state index in [9.17, 15) is 23.5 Å². The standard InChI is InChI=1S/C24H23F4N2O9PS/c1-34-14-3-7-16(8-4-14)38-40(41,39-17-9-5-15(35-2)6-10-17)36-13-23(21(25)26)24(27,28)19(32)20(37-23)30-12-11-18(31)29-22(30)33/h3-12,19-21,32H,13H2,1-2H3,(H,29,31,33)/t19-,20-,23+/m1/s1. The van der Waals surface area contributed by atoms with Gasteiger partial charge >= 0.3 is 18.3 Å². The Balaban J connectivity index is 1.68. The van der Waals surface area contributed by atoms with E-state index < -0.39 is 54.9 Å². The first kappa shape index (κ1) is 30.5. The van der Waals surface area contributed by atoms with Crippen molar-refractivity contribution in [1.82, 2.24) is 9.55 Å². The first-order valence-electron chi connectivity index (χ1n) is 11.6. The van der Waals surface area contributed by atoms with Crippen molar-refractivity contribution in [3.05, 3.63) is 81.6 Å². The summed E-state index contributed by atoms with van der Waals surface area (Å²) in [5.74, 6) is -3.75. The lowest BCUT2D eigenvalue weighted by Gasteiger charge is -2.34. The predicted octanol–water partition coefficient (Wildman–Crippen LogP) is 3.48. The maximum absolute atomic E-state index is 15.4. The third-order valence-corrected chi connectivity index (χ3v) is 8.08. The quantitative estimate of drug-likeness (QED) is 0.242. The molecule has 222 valence electrons. The molecule has 1 fully saturated rings. The third-order valence-electron chi connectivity index (χ3n) is 6.01. The van der Waals surface area contributed by atoms with Gasteiger partial charge in [0, 0.05) is 24.1 Å². The number of aromatic amines is 1. The Morgan fingerprint density at radius 1 is 0.976 bits per heavy atom. The van der Waals surface area contributed by atoms with Crippen LogP contribution in [0.25, 0.3) is 0 Å². The molecule has 0 unspecified atom stereocenters. The number of hydrogen-bond acceptors (Lipinski definition) is 10. The van der Waals surface area contributed by atoms with Crippen molar-refractivity contribution in [3.63, 3.8) is 0 Å². The van der Waals surface area contributed by atoms with Gasteiger partial charge in [0.15, 0.2) is 12.3 Å². The number of rotatable bonds is 11. The molecule has 0 saturated carbocycles. The number of nitrogens with zero attached hydrogens (tertiary/aromatic N) is 1. The van der Waals surface area contributed by atoms with E-state index in [0.29, 0.717) is 16.1 Å². The highest BCUT2D eigenvalue weighted by Gasteiger charge is 2.74. The first-order chi connectivity index (χ1) is 19.3. The second-order valence-electron chi connectivity index (χ2n) is 8.54. The lowest BCUT2D eigenvalue weighted by atomic mass is 9.95. The fourth-order valence-electron chi connectivity index (χ4n) is 3.79. The Hall–Kier alpha value is -3.43. The van der Waals surface area contributed by atoms with E-state index >= 15 is 8.78 Å². The number of aromatic nitrogens is 2. The topological polar surface area (TPSA) is 130 Å². The molecule has 2 aromatic carbocycles. The molecule has 1 aliphatic heterocycles. The predicted molar refractivity (Wildman–Crippen MR) is 139 cm³/mol. The van der Waals surface area contributed by atoms with Crippen LogP contribution >= 0.6 is 6.72 Å². The van der Waals surface area contributed by atoms with Gasteiger partial charge in [-0.3, -0.25) is 18.9 Å². The number of methoxy groups -OCH3 is 2. The Labute approximate surface area is 234 Å². The molecule has 4 rings (SSSR count). The molecular weight excluding hydrogens is 599 g/mol. The number of aliphatic hydroxyl groups is 1. The Kier molecular flexibility index (Phi) is 8.80. The van der Waals surface area contributed by atoms with Crippen LogP contribution in [0.5, 0.6) is 23.0 Å². The van der Waals surface area contributed by atoms with Crippen LogP contribution in [0, 0.1) is 0 Å². The molecule has 41 heavy (non-hydrogen) atoms. The minimum atomic E-state index is -4.69. The summed E-state index contributed by atoms with van der Waals surface area (Å²) in [5, 5.41) is 10.3. The van der Waals surface area contributed by atoms with Gasteiger partial charge in [-0.1, -0.05) is 0 Å². The van der Waals surface area contributed by atoms with Crippen molar-refractivity contribution in [2.45, 2.75) is 30.3 Å². The van der Waals surface area contributed by atoms with Crippen LogP contribution < -0.4 is 29.8 Å². The monoisotopic (exact) mass is 622 g/mol. The van der Waals surface area contributed by atoms with E-state index in [1.165, 1.54) is 62.8 Å². The van der Waals surface area contributed by atoms with Gasteiger partial charge in [-0.25, -0.2) is 13.6 Å². The van der Waals surface area contributed by atoms with E-state index in [2.05, 4.69) is 0 Å². The number of hydrogen-bond donors (Lipinski definition) is 2. The van der Waals surface area contributed by atoms with Gasteiger partial charge in [-0.05, 0) is 48.5 Å². The fourth-order valence-corrected chi connectivity index (χ4v) is 5.72. The minimum absolute atomic E-state index is 0.0329. The van der Waals surface area contributed by atoms with Crippen molar-refractivity contribution in [1.29, 1.82) is 0 Å². The number of H-pyrrole nitrogens is 1. The summed E-state index contributed by atoms with van der Waals surface area (Å²) in [6.07, 6.45) is -8.53. The lowest BCUT2D eigenvalue weighted by molar-refractivity contribution is -0.242. The molecule has 2 N–H and O–H groups in total. The van der Waals surface area contributed by atoms with Crippen LogP contribution in [-0.4, -0.2) is 59.5 Å². The Morgan fingerprint density at radius 2 is 1.46 bits per heavy atom. The fraction of sp³-hybridized carbons (Fsp3) is 0.333. The number of benzene rings is 2. The van der Waals surface area contributed by atoms with Crippen molar-refractivity contribution < 1.29 is 50.5 Å². The van der Waals surface area contributed by atoms with Crippen molar-refractivity contribution in [2.24, 2.45) is 0 Å². The molecule has 0 aliphatic carbocycles. The SMILES string of the molecule is COc1ccc(OP(=S)(OC[C@@]2(C(F)F)O[C@@H](n3ccc(=O)[nH]c3=O)[C@@H](O)C2(F)F)Oc2ccc(OC)cc2)cc1. The molecule has 17 heteroatoms. The van der Waals surface area contributed by atoms with Crippen LogP contribution in [0.3, 0.4) is 0 Å². The molecule has 3 atom stereocenters. The average Bonchev–Trinajstić information content (AvgIpc) is 3.14. The van der Waals surface area contributed by atoms with Gasteiger partial charge in [-0.2, -0.15) is 8.78 Å². The van der Waals surface area contributed by atoms with Crippen molar-refractivity contribution in [3.8, 4) is 23.0 Å². The van der Waals surface area contributed by atoms with Crippen molar-refractivity contribution >= 4 is 18.5 Å². The highest BCUT2D eigenvalue weighted by atomic mass is 32.5. The Morgan fingerprint density at radius 3 is 1.90 bits per heavy atom. The smallest absolute Gasteiger partial charge is 0.435 e. The zero-order valence-electron chi connectivity index (χ0n) is 21.2. The molecule has 3 aromatic rings. The number of nitrogens with one attached hydrogen (secondary N) is 1. The highest BCUT2D eigenvalue weighted by molar-refractivity contribution is 8.07. The lowest BCUT2D eigenvalue weighted by Crippen LogP contribution is -2.57. The molecule has 2 heterocycles. The normalized spacial score (nSPS) is 22.0. The molecule has 1 aliphatic rings. The van der Waals surface area contributed by atoms with E-state index in [1.807, 2.05) is 0 Å². The van der Waals surface area contributed by atoms with Gasteiger partial charge in [-0.15, -0.1) is 0 Å². The van der Waals surface area contributed by atoms with E-state index in [1.54, 1.807) is 4.98 Å². The molecule has 11 nitrogen and oxygen atoms in total. The second-order valence-corrected chi connectivity index (χ2v) is 11.4. The van der Waals surface area contributed by atoms with E-state index in [0.717, 1.165) is 12.3 Å². The van der Waals surface area contributed by atoms with Gasteiger partial charge < -0.3 is 28.4 Å². The molecular formula is C24H23F4N2O9PS. The molecule has 1 aromatic heterocycles. The number of alkyl halides is 4. The number of halogens is 4. The van der Waals surface area contributed by atoms with Crippen LogP contribution in [0.4, 0.5) is 17.6 Å².